The second-order valence-corrected chi connectivity index (χ2v) is 16.6. The van der Waals surface area contributed by atoms with Crippen molar-refractivity contribution >= 4 is 35.3 Å². The van der Waals surface area contributed by atoms with Gasteiger partial charge in [-0.25, -0.2) is 0 Å². The Labute approximate surface area is 280 Å². The quantitative estimate of drug-likeness (QED) is 0.176. The maximum atomic E-state index is 15.1. The summed E-state index contributed by atoms with van der Waals surface area (Å²) in [5.74, 6) is -2.47. The van der Waals surface area contributed by atoms with E-state index in [1.165, 1.54) is 11.0 Å². The number of nitrogens with one attached hydrogen (secondary N) is 2. The topological polar surface area (TPSA) is 133 Å². The van der Waals surface area contributed by atoms with Crippen molar-refractivity contribution in [2.24, 2.45) is 46.3 Å². The van der Waals surface area contributed by atoms with Gasteiger partial charge in [-0.1, -0.05) is 72.8 Å². The molecule has 6 atom stereocenters. The molecule has 10 heteroatoms. The van der Waals surface area contributed by atoms with E-state index in [-0.39, 0.29) is 71.7 Å². The lowest BCUT2D eigenvalue weighted by atomic mass is 9.64. The zero-order valence-electron chi connectivity index (χ0n) is 29.1. The van der Waals surface area contributed by atoms with Crippen molar-refractivity contribution in [3.8, 4) is 0 Å². The zero-order valence-corrected chi connectivity index (χ0v) is 29.1. The molecule has 0 radical (unpaired) electrons. The third-order valence-electron chi connectivity index (χ3n) is 12.0. The predicted octanol–water partition coefficient (Wildman–Crippen LogP) is 4.02. The molecule has 0 aromatic heterocycles. The second-order valence-electron chi connectivity index (χ2n) is 16.6. The minimum atomic E-state index is -0.953. The molecule has 5 aliphatic rings. The summed E-state index contributed by atoms with van der Waals surface area (Å²) in [5.41, 5.74) is -0.525. The largest absolute Gasteiger partial charge is 0.346 e. The Morgan fingerprint density at radius 3 is 2.19 bits per heavy atom. The molecule has 2 N–H and O–H groups in total. The summed E-state index contributed by atoms with van der Waals surface area (Å²) in [7, 11) is 0. The highest BCUT2D eigenvalue weighted by Crippen LogP contribution is 2.65. The standard InChI is InChI=1S/C37H56N4O6/c1-7-18-38-34(46)32(44)26(19-22-16-17-22)39-33(45)31-30-25(37(30,5)6)21-41(31)35(47)29(23-12-9-8-10-13-23)24(36(2,3)4)20-40-27(42)14-11-15-28(40)43/h7,22-26,29-31H,1,8-21H2,2-6H3,(H,38,46)(H,39,45)/t24-,25?,26?,29?,30-,31-/m0/s1. The van der Waals surface area contributed by atoms with Crippen molar-refractivity contribution in [1.82, 2.24) is 20.4 Å². The van der Waals surface area contributed by atoms with E-state index in [4.69, 9.17) is 0 Å². The number of likely N-dealkylation sites (tertiary alicyclic amines) is 2. The first-order valence-electron chi connectivity index (χ1n) is 18.0. The van der Waals surface area contributed by atoms with E-state index in [1.807, 2.05) is 0 Å². The van der Waals surface area contributed by atoms with Gasteiger partial charge in [0.05, 0.1) is 6.04 Å². The van der Waals surface area contributed by atoms with Crippen molar-refractivity contribution in [2.45, 2.75) is 117 Å². The van der Waals surface area contributed by atoms with Crippen LogP contribution in [0.15, 0.2) is 12.7 Å². The maximum Gasteiger partial charge on any atom is 0.289 e. The number of fused-ring (bicyclic) bond motifs is 1. The monoisotopic (exact) mass is 652 g/mol. The van der Waals surface area contributed by atoms with Gasteiger partial charge in [-0.15, -0.1) is 6.58 Å². The fourth-order valence-corrected chi connectivity index (χ4v) is 8.91. The van der Waals surface area contributed by atoms with Crippen LogP contribution < -0.4 is 10.6 Å². The van der Waals surface area contributed by atoms with Gasteiger partial charge < -0.3 is 15.5 Å². The predicted molar refractivity (Wildman–Crippen MR) is 177 cm³/mol. The molecule has 2 aliphatic heterocycles. The van der Waals surface area contributed by atoms with Crippen LogP contribution >= 0.6 is 0 Å². The van der Waals surface area contributed by atoms with Gasteiger partial charge in [0.2, 0.25) is 29.4 Å². The van der Waals surface area contributed by atoms with Gasteiger partial charge in [-0.05, 0) is 66.1 Å². The van der Waals surface area contributed by atoms with Crippen molar-refractivity contribution in [2.75, 3.05) is 19.6 Å². The van der Waals surface area contributed by atoms with Crippen LogP contribution in [-0.4, -0.2) is 76.8 Å². The molecule has 47 heavy (non-hydrogen) atoms. The number of carbonyl (C=O) groups excluding carboxylic acids is 6. The van der Waals surface area contributed by atoms with Gasteiger partial charge in [-0.3, -0.25) is 33.7 Å². The summed E-state index contributed by atoms with van der Waals surface area (Å²) in [5, 5.41) is 5.51. The molecule has 0 aromatic rings. The Kier molecular flexibility index (Phi) is 10.4. The number of nitrogens with zero attached hydrogens (tertiary/aromatic N) is 2. The molecule has 2 heterocycles. The van der Waals surface area contributed by atoms with Gasteiger partial charge >= 0.3 is 0 Å². The summed E-state index contributed by atoms with van der Waals surface area (Å²) >= 11 is 0. The lowest BCUT2D eigenvalue weighted by molar-refractivity contribution is -0.155. The van der Waals surface area contributed by atoms with Crippen LogP contribution in [0.2, 0.25) is 0 Å². The number of Topliss-reactive ketones (excluding diaryl/α,β-unsaturated/α-hetero) is 1. The number of amides is 5. The van der Waals surface area contributed by atoms with E-state index in [0.717, 1.165) is 44.9 Å². The Morgan fingerprint density at radius 2 is 1.62 bits per heavy atom. The van der Waals surface area contributed by atoms with Crippen LogP contribution in [0.1, 0.15) is 105 Å². The molecule has 5 fully saturated rings. The fourth-order valence-electron chi connectivity index (χ4n) is 8.91. The third-order valence-corrected chi connectivity index (χ3v) is 12.0. The van der Waals surface area contributed by atoms with E-state index in [9.17, 15) is 24.0 Å². The summed E-state index contributed by atoms with van der Waals surface area (Å²) in [6.07, 6.45) is 10.00. The molecule has 260 valence electrons. The van der Waals surface area contributed by atoms with Crippen molar-refractivity contribution in [3.05, 3.63) is 12.7 Å². The highest BCUT2D eigenvalue weighted by Gasteiger charge is 2.70. The first-order chi connectivity index (χ1) is 22.2. The molecule has 5 rings (SSSR count). The Bertz CT molecular complexity index is 1260. The molecule has 0 spiro atoms. The van der Waals surface area contributed by atoms with Gasteiger partial charge in [0.15, 0.2) is 0 Å². The molecule has 2 saturated heterocycles. The first-order valence-corrected chi connectivity index (χ1v) is 18.0. The highest BCUT2D eigenvalue weighted by molar-refractivity contribution is 6.38. The summed E-state index contributed by atoms with van der Waals surface area (Å²) in [4.78, 5) is 84.4. The van der Waals surface area contributed by atoms with E-state index in [0.29, 0.717) is 32.2 Å². The van der Waals surface area contributed by atoms with Crippen molar-refractivity contribution < 1.29 is 28.8 Å². The van der Waals surface area contributed by atoms with E-state index in [1.54, 1.807) is 4.90 Å². The second kappa shape index (κ2) is 13.8. The smallest absolute Gasteiger partial charge is 0.289 e. The lowest BCUT2D eigenvalue weighted by Gasteiger charge is -2.46. The molecule has 3 saturated carbocycles. The van der Waals surface area contributed by atoms with Gasteiger partial charge in [0.25, 0.3) is 5.91 Å². The fraction of sp³-hybridized carbons (Fsp3) is 0.784. The summed E-state index contributed by atoms with van der Waals surface area (Å²) in [6.45, 7) is 14.9. The Balaban J connectivity index is 1.44. The number of carbonyl (C=O) groups is 6. The normalized spacial score (nSPS) is 27.8. The summed E-state index contributed by atoms with van der Waals surface area (Å²) < 4.78 is 0. The Hall–Kier alpha value is -3.04. The first kappa shape index (κ1) is 35.3. The van der Waals surface area contributed by atoms with Crippen molar-refractivity contribution in [1.29, 1.82) is 0 Å². The zero-order chi connectivity index (χ0) is 34.3. The number of imide groups is 1. The van der Waals surface area contributed by atoms with E-state index >= 15 is 4.79 Å². The molecule has 0 aromatic carbocycles. The van der Waals surface area contributed by atoms with Crippen LogP contribution in [0.25, 0.3) is 0 Å². The van der Waals surface area contributed by atoms with Crippen molar-refractivity contribution in [3.63, 3.8) is 0 Å². The Morgan fingerprint density at radius 1 is 0.979 bits per heavy atom. The van der Waals surface area contributed by atoms with Crippen LogP contribution in [0.4, 0.5) is 0 Å². The minimum Gasteiger partial charge on any atom is -0.346 e. The van der Waals surface area contributed by atoms with Gasteiger partial charge in [-0.2, -0.15) is 0 Å². The molecule has 10 nitrogen and oxygen atoms in total. The van der Waals surface area contributed by atoms with E-state index < -0.39 is 35.1 Å². The van der Waals surface area contributed by atoms with Crippen LogP contribution in [-0.2, 0) is 28.8 Å². The van der Waals surface area contributed by atoms with Gasteiger partial charge in [0.1, 0.15) is 6.04 Å². The van der Waals surface area contributed by atoms with Crippen LogP contribution in [0.3, 0.4) is 0 Å². The van der Waals surface area contributed by atoms with Gasteiger partial charge in [0, 0.05) is 38.4 Å². The summed E-state index contributed by atoms with van der Waals surface area (Å²) in [6, 6.07) is -1.71. The minimum absolute atomic E-state index is 0.0527. The third kappa shape index (κ3) is 7.51. The highest BCUT2D eigenvalue weighted by atomic mass is 16.2. The molecular weight excluding hydrogens is 596 g/mol. The van der Waals surface area contributed by atoms with E-state index in [2.05, 4.69) is 51.8 Å². The average Bonchev–Trinajstić information content (AvgIpc) is 3.87. The molecule has 3 aliphatic carbocycles. The molecule has 0 bridgehead atoms. The maximum absolute atomic E-state index is 15.1. The molecule has 3 unspecified atom stereocenters. The van der Waals surface area contributed by atoms with Crippen LogP contribution in [0.5, 0.6) is 0 Å². The average molecular weight is 653 g/mol. The number of hydrogen-bond acceptors (Lipinski definition) is 6. The number of ketones is 1. The molecule has 5 amide bonds. The number of hydrogen-bond donors (Lipinski definition) is 2. The van der Waals surface area contributed by atoms with Crippen LogP contribution in [0, 0.1) is 46.3 Å². The number of rotatable bonds is 13. The molecular formula is C37H56N4O6. The SMILES string of the molecule is C=CCNC(=O)C(=O)C(CC1CC1)NC(=O)[C@@H]1[C@@H]2C(CN1C(=O)C(C1CCCCC1)[C@H](CN1C(=O)CCCC1=O)C(C)(C)C)C2(C)C. The lowest BCUT2D eigenvalue weighted by Crippen LogP contribution is -2.58. The number of piperidine rings is 2.